The van der Waals surface area contributed by atoms with Crippen LogP contribution in [-0.4, -0.2) is 39.1 Å². The number of carbonyl (C=O) groups is 1. The van der Waals surface area contributed by atoms with Gasteiger partial charge in [-0.1, -0.05) is 0 Å². The molecule has 1 N–H and O–H groups in total. The third-order valence-corrected chi connectivity index (χ3v) is 3.73. The normalized spacial score (nSPS) is 10.4. The highest BCUT2D eigenvalue weighted by Crippen LogP contribution is 2.39. The van der Waals surface area contributed by atoms with Gasteiger partial charge in [0, 0.05) is 18.7 Å². The Bertz CT molecular complexity index is 742. The molecule has 0 aliphatic carbocycles. The Morgan fingerprint density at radius 1 is 1.08 bits per heavy atom. The second-order valence-electron chi connectivity index (χ2n) is 5.04. The molecule has 0 radical (unpaired) electrons. The molecule has 0 unspecified atom stereocenters. The van der Waals surface area contributed by atoms with E-state index in [4.69, 9.17) is 9.47 Å². The van der Waals surface area contributed by atoms with Gasteiger partial charge in [-0.2, -0.15) is 9.97 Å². The summed E-state index contributed by atoms with van der Waals surface area (Å²) in [5, 5.41) is 3.11. The predicted octanol–water partition coefficient (Wildman–Crippen LogP) is 2.79. The Balaban J connectivity index is 2.44. The van der Waals surface area contributed by atoms with Crippen molar-refractivity contribution in [1.29, 1.82) is 0 Å². The highest BCUT2D eigenvalue weighted by Gasteiger charge is 2.19. The Kier molecular flexibility index (Phi) is 6.51. The molecule has 0 atom stereocenters. The molecule has 25 heavy (non-hydrogen) atoms. The van der Waals surface area contributed by atoms with E-state index in [9.17, 15) is 4.79 Å². The number of ether oxygens (including phenoxy) is 2. The summed E-state index contributed by atoms with van der Waals surface area (Å²) in [5.41, 5.74) is 0.727. The maximum absolute atomic E-state index is 11.3. The first-order valence-electron chi connectivity index (χ1n) is 7.88. The average molecular weight is 363 g/mol. The summed E-state index contributed by atoms with van der Waals surface area (Å²) in [7, 11) is 0. The number of hydrogen-bond acceptors (Lipinski definition) is 8. The van der Waals surface area contributed by atoms with Gasteiger partial charge < -0.3 is 14.8 Å². The quantitative estimate of drug-likeness (QED) is 0.750. The van der Waals surface area contributed by atoms with Gasteiger partial charge in [0.05, 0.1) is 13.2 Å². The highest BCUT2D eigenvalue weighted by molar-refractivity contribution is 7.99. The van der Waals surface area contributed by atoms with Crippen molar-refractivity contribution in [1.82, 2.24) is 19.9 Å². The first-order chi connectivity index (χ1) is 11.9. The monoisotopic (exact) mass is 363 g/mol. The fourth-order valence-corrected chi connectivity index (χ4v) is 2.89. The van der Waals surface area contributed by atoms with Crippen molar-refractivity contribution < 1.29 is 14.3 Å². The Morgan fingerprint density at radius 3 is 2.20 bits per heavy atom. The SMILES string of the molecule is CCOc1nc(C)nc(OCC)c1Sc1nc(C)cc(NC(C)=O)n1. The molecule has 1 amide bonds. The van der Waals surface area contributed by atoms with Crippen molar-refractivity contribution in [2.45, 2.75) is 44.7 Å². The van der Waals surface area contributed by atoms with E-state index in [0.29, 0.717) is 46.7 Å². The van der Waals surface area contributed by atoms with Crippen molar-refractivity contribution in [3.05, 3.63) is 17.6 Å². The van der Waals surface area contributed by atoms with E-state index in [2.05, 4.69) is 25.3 Å². The molecule has 2 aromatic heterocycles. The van der Waals surface area contributed by atoms with E-state index in [1.807, 2.05) is 20.8 Å². The lowest BCUT2D eigenvalue weighted by molar-refractivity contribution is -0.114. The van der Waals surface area contributed by atoms with Gasteiger partial charge in [-0.25, -0.2) is 9.97 Å². The van der Waals surface area contributed by atoms with Gasteiger partial charge >= 0.3 is 0 Å². The van der Waals surface area contributed by atoms with Crippen molar-refractivity contribution in [3.8, 4) is 11.8 Å². The number of hydrogen-bond donors (Lipinski definition) is 1. The van der Waals surface area contributed by atoms with E-state index in [1.54, 1.807) is 13.0 Å². The van der Waals surface area contributed by atoms with Crippen LogP contribution >= 0.6 is 11.8 Å². The van der Waals surface area contributed by atoms with Crippen molar-refractivity contribution in [3.63, 3.8) is 0 Å². The molecule has 134 valence electrons. The zero-order valence-corrected chi connectivity index (χ0v) is 15.7. The molecule has 0 fully saturated rings. The Hall–Kier alpha value is -2.42. The van der Waals surface area contributed by atoms with E-state index < -0.39 is 0 Å². The molecule has 0 aliphatic heterocycles. The Morgan fingerprint density at radius 2 is 1.68 bits per heavy atom. The molecule has 0 saturated heterocycles. The lowest BCUT2D eigenvalue weighted by Gasteiger charge is -2.13. The van der Waals surface area contributed by atoms with Crippen LogP contribution in [0.5, 0.6) is 11.8 Å². The maximum atomic E-state index is 11.3. The third-order valence-electron chi connectivity index (χ3n) is 2.81. The van der Waals surface area contributed by atoms with Gasteiger partial charge in [0.15, 0.2) is 5.16 Å². The van der Waals surface area contributed by atoms with Crippen molar-refractivity contribution in [2.24, 2.45) is 0 Å². The van der Waals surface area contributed by atoms with Gasteiger partial charge in [-0.05, 0) is 39.5 Å². The molecule has 2 rings (SSSR count). The van der Waals surface area contributed by atoms with E-state index in [0.717, 1.165) is 5.69 Å². The zero-order valence-electron chi connectivity index (χ0n) is 14.9. The van der Waals surface area contributed by atoms with E-state index >= 15 is 0 Å². The number of amides is 1. The van der Waals surface area contributed by atoms with Crippen LogP contribution in [0, 0.1) is 13.8 Å². The number of aromatic nitrogens is 4. The van der Waals surface area contributed by atoms with Crippen LogP contribution in [0.3, 0.4) is 0 Å². The summed E-state index contributed by atoms with van der Waals surface area (Å²) in [6.45, 7) is 9.71. The van der Waals surface area contributed by atoms with Crippen LogP contribution in [0.4, 0.5) is 5.82 Å². The van der Waals surface area contributed by atoms with Gasteiger partial charge in [0.25, 0.3) is 0 Å². The van der Waals surface area contributed by atoms with Gasteiger partial charge in [-0.15, -0.1) is 0 Å². The minimum Gasteiger partial charge on any atom is -0.477 e. The summed E-state index contributed by atoms with van der Waals surface area (Å²) in [6, 6.07) is 1.70. The maximum Gasteiger partial charge on any atom is 0.235 e. The summed E-state index contributed by atoms with van der Waals surface area (Å²) in [6.07, 6.45) is 0. The molecule has 8 nitrogen and oxygen atoms in total. The molecule has 0 spiro atoms. The van der Waals surface area contributed by atoms with Crippen LogP contribution in [-0.2, 0) is 4.79 Å². The number of nitrogens with zero attached hydrogens (tertiary/aromatic N) is 4. The fraction of sp³-hybridized carbons (Fsp3) is 0.438. The van der Waals surface area contributed by atoms with Gasteiger partial charge in [-0.3, -0.25) is 4.79 Å². The number of carbonyl (C=O) groups excluding carboxylic acids is 1. The summed E-state index contributed by atoms with van der Waals surface area (Å²) < 4.78 is 11.2. The number of aryl methyl sites for hydroxylation is 2. The largest absolute Gasteiger partial charge is 0.477 e. The predicted molar refractivity (Wildman–Crippen MR) is 94.3 cm³/mol. The van der Waals surface area contributed by atoms with E-state index in [1.165, 1.54) is 18.7 Å². The number of nitrogens with one attached hydrogen (secondary N) is 1. The molecular formula is C16H21N5O3S. The van der Waals surface area contributed by atoms with Crippen LogP contribution in [0.25, 0.3) is 0 Å². The third kappa shape index (κ3) is 5.28. The molecule has 2 heterocycles. The zero-order chi connectivity index (χ0) is 18.4. The molecule has 0 bridgehead atoms. The van der Waals surface area contributed by atoms with Crippen LogP contribution in [0.1, 0.15) is 32.3 Å². The first-order valence-corrected chi connectivity index (χ1v) is 8.69. The molecule has 0 aliphatic rings. The van der Waals surface area contributed by atoms with E-state index in [-0.39, 0.29) is 5.91 Å². The Labute approximate surface area is 150 Å². The molecule has 0 aromatic carbocycles. The standard InChI is InChI=1S/C16H21N5O3S/c1-6-23-14-13(15(24-7-2)19-10(4)18-14)25-16-17-9(3)8-12(21-16)20-11(5)22/h8H,6-7H2,1-5H3,(H,17,20,21,22). The lowest BCUT2D eigenvalue weighted by atomic mass is 10.4. The van der Waals surface area contributed by atoms with Crippen molar-refractivity contribution in [2.75, 3.05) is 18.5 Å². The second kappa shape index (κ2) is 8.61. The summed E-state index contributed by atoms with van der Waals surface area (Å²) in [5.74, 6) is 1.65. The second-order valence-corrected chi connectivity index (χ2v) is 6.01. The highest BCUT2D eigenvalue weighted by atomic mass is 32.2. The molecule has 9 heteroatoms. The van der Waals surface area contributed by atoms with Crippen LogP contribution < -0.4 is 14.8 Å². The topological polar surface area (TPSA) is 99.1 Å². The summed E-state index contributed by atoms with van der Waals surface area (Å²) >= 11 is 1.24. The first kappa shape index (κ1) is 18.9. The average Bonchev–Trinajstić information content (AvgIpc) is 2.50. The fourth-order valence-electron chi connectivity index (χ4n) is 1.99. The van der Waals surface area contributed by atoms with Gasteiger partial charge in [0.2, 0.25) is 17.7 Å². The molecular weight excluding hydrogens is 342 g/mol. The minimum absolute atomic E-state index is 0.197. The van der Waals surface area contributed by atoms with Crippen molar-refractivity contribution >= 4 is 23.5 Å². The number of rotatable bonds is 7. The minimum atomic E-state index is -0.197. The van der Waals surface area contributed by atoms with Crippen LogP contribution in [0.2, 0.25) is 0 Å². The smallest absolute Gasteiger partial charge is 0.235 e. The van der Waals surface area contributed by atoms with Crippen LogP contribution in [0.15, 0.2) is 16.1 Å². The molecule has 2 aromatic rings. The number of anilines is 1. The molecule has 0 saturated carbocycles. The lowest BCUT2D eigenvalue weighted by Crippen LogP contribution is -2.09. The van der Waals surface area contributed by atoms with Gasteiger partial charge in [0.1, 0.15) is 16.5 Å². The summed E-state index contributed by atoms with van der Waals surface area (Å²) in [4.78, 5) is 29.3.